The van der Waals surface area contributed by atoms with E-state index in [-0.39, 0.29) is 11.5 Å². The topological polar surface area (TPSA) is 77.2 Å². The molecule has 1 aliphatic rings. The molecular weight excluding hydrogens is 467 g/mol. The fourth-order valence-corrected chi connectivity index (χ4v) is 5.60. The molecule has 32 heavy (non-hydrogen) atoms. The average molecular weight is 484 g/mol. The van der Waals surface area contributed by atoms with E-state index in [1.165, 1.54) is 31.0 Å². The number of thioether (sulfide) groups is 1. The highest BCUT2D eigenvalue weighted by Crippen LogP contribution is 2.52. The zero-order chi connectivity index (χ0) is 23.2. The molecule has 2 heterocycles. The lowest BCUT2D eigenvalue weighted by atomic mass is 9.97. The number of carbonyl (C=O) groups is 1. The summed E-state index contributed by atoms with van der Waals surface area (Å²) >= 11 is 7.44. The minimum atomic E-state index is -4.79. The standard InChI is InChI=1S/C21H17ClF3N3O3S/c1-10-12(4-3-5-15(10)31-2)18-13-8-11(22)6-7-14(13)28-19(16(32-18)9-17(29)30)26-27-20(28)21(23,24)25/h3-8,16,18H,9H2,1-2H3,(H,29,30). The molecule has 0 fully saturated rings. The van der Waals surface area contributed by atoms with E-state index in [2.05, 4.69) is 10.2 Å². The smallest absolute Gasteiger partial charge is 0.452 e. The Bertz CT molecular complexity index is 1200. The maximum atomic E-state index is 13.8. The van der Waals surface area contributed by atoms with Crippen molar-refractivity contribution in [1.82, 2.24) is 14.8 Å². The number of aliphatic carboxylic acids is 1. The molecule has 0 amide bonds. The van der Waals surface area contributed by atoms with Gasteiger partial charge in [-0.3, -0.25) is 9.36 Å². The summed E-state index contributed by atoms with van der Waals surface area (Å²) in [6, 6.07) is 9.97. The molecule has 2 atom stereocenters. The third kappa shape index (κ3) is 3.93. The van der Waals surface area contributed by atoms with Crippen LogP contribution in [-0.2, 0) is 11.0 Å². The molecule has 2 unspecified atom stereocenters. The molecule has 3 aromatic rings. The number of methoxy groups -OCH3 is 1. The largest absolute Gasteiger partial charge is 0.496 e. The lowest BCUT2D eigenvalue weighted by Gasteiger charge is -2.23. The van der Waals surface area contributed by atoms with Crippen molar-refractivity contribution in [3.8, 4) is 11.4 Å². The number of hydrogen-bond acceptors (Lipinski definition) is 5. The maximum Gasteiger partial charge on any atom is 0.452 e. The van der Waals surface area contributed by atoms with Gasteiger partial charge in [-0.1, -0.05) is 23.7 Å². The van der Waals surface area contributed by atoms with Gasteiger partial charge in [0.1, 0.15) is 5.75 Å². The zero-order valence-electron chi connectivity index (χ0n) is 16.9. The van der Waals surface area contributed by atoms with Crippen molar-refractivity contribution in [2.24, 2.45) is 0 Å². The van der Waals surface area contributed by atoms with E-state index in [4.69, 9.17) is 16.3 Å². The monoisotopic (exact) mass is 483 g/mol. The molecule has 0 aliphatic carbocycles. The molecular formula is C21H17ClF3N3O3S. The Morgan fingerprint density at radius 3 is 2.66 bits per heavy atom. The van der Waals surface area contributed by atoms with Gasteiger partial charge in [0.05, 0.1) is 29.7 Å². The van der Waals surface area contributed by atoms with Gasteiger partial charge in [-0.25, -0.2) is 0 Å². The van der Waals surface area contributed by atoms with Crippen molar-refractivity contribution in [1.29, 1.82) is 0 Å². The van der Waals surface area contributed by atoms with E-state index in [0.29, 0.717) is 16.3 Å². The summed E-state index contributed by atoms with van der Waals surface area (Å²) in [6.07, 6.45) is -5.21. The van der Waals surface area contributed by atoms with Crippen LogP contribution in [0.2, 0.25) is 5.02 Å². The van der Waals surface area contributed by atoms with Crippen LogP contribution in [0.5, 0.6) is 5.75 Å². The van der Waals surface area contributed by atoms with Crippen LogP contribution < -0.4 is 4.74 Å². The van der Waals surface area contributed by atoms with Crippen molar-refractivity contribution in [2.75, 3.05) is 7.11 Å². The van der Waals surface area contributed by atoms with Crippen molar-refractivity contribution < 1.29 is 27.8 Å². The van der Waals surface area contributed by atoms with Crippen LogP contribution in [0, 0.1) is 6.92 Å². The third-order valence-corrected chi connectivity index (χ3v) is 6.95. The highest BCUT2D eigenvalue weighted by atomic mass is 35.5. The van der Waals surface area contributed by atoms with Gasteiger partial charge in [-0.2, -0.15) is 13.2 Å². The van der Waals surface area contributed by atoms with Crippen molar-refractivity contribution in [3.63, 3.8) is 0 Å². The predicted molar refractivity (Wildman–Crippen MR) is 114 cm³/mol. The number of hydrogen-bond donors (Lipinski definition) is 1. The van der Waals surface area contributed by atoms with Crippen LogP contribution in [0.4, 0.5) is 13.2 Å². The first-order valence-electron chi connectivity index (χ1n) is 9.45. The normalized spacial score (nSPS) is 17.9. The first-order valence-corrected chi connectivity index (χ1v) is 10.8. The van der Waals surface area contributed by atoms with Gasteiger partial charge in [0.2, 0.25) is 5.82 Å². The summed E-state index contributed by atoms with van der Waals surface area (Å²) in [5.74, 6) is -1.83. The van der Waals surface area contributed by atoms with Crippen LogP contribution in [0.15, 0.2) is 36.4 Å². The molecule has 1 aromatic heterocycles. The second-order valence-corrected chi connectivity index (χ2v) is 8.94. The van der Waals surface area contributed by atoms with E-state index in [1.54, 1.807) is 18.2 Å². The van der Waals surface area contributed by atoms with Crippen LogP contribution in [0.25, 0.3) is 5.69 Å². The maximum absolute atomic E-state index is 13.8. The first-order chi connectivity index (χ1) is 15.1. The van der Waals surface area contributed by atoms with E-state index < -0.39 is 34.9 Å². The third-order valence-electron chi connectivity index (χ3n) is 5.23. The molecule has 1 aliphatic heterocycles. The van der Waals surface area contributed by atoms with Gasteiger partial charge in [0.15, 0.2) is 5.82 Å². The lowest BCUT2D eigenvalue weighted by Crippen LogP contribution is -2.16. The SMILES string of the molecule is COc1cccc(C2SC(CC(=O)O)c3nnc(C(F)(F)F)n3-c3ccc(Cl)cc32)c1C. The number of fused-ring (bicyclic) bond motifs is 3. The summed E-state index contributed by atoms with van der Waals surface area (Å²) in [5.41, 5.74) is 2.27. The molecule has 6 nitrogen and oxygen atoms in total. The Kier molecular flexibility index (Phi) is 5.85. The Morgan fingerprint density at radius 2 is 2.00 bits per heavy atom. The van der Waals surface area contributed by atoms with Gasteiger partial charge in [0, 0.05) is 5.02 Å². The average Bonchev–Trinajstić information content (AvgIpc) is 3.12. The number of halogens is 4. The van der Waals surface area contributed by atoms with Gasteiger partial charge in [0.25, 0.3) is 0 Å². The van der Waals surface area contributed by atoms with Gasteiger partial charge >= 0.3 is 12.1 Å². The van der Waals surface area contributed by atoms with E-state index in [1.807, 2.05) is 13.0 Å². The summed E-state index contributed by atoms with van der Waals surface area (Å²) < 4.78 is 47.7. The fourth-order valence-electron chi connectivity index (χ4n) is 3.84. The molecule has 2 aromatic carbocycles. The number of carboxylic acids is 1. The van der Waals surface area contributed by atoms with E-state index >= 15 is 0 Å². The molecule has 1 N–H and O–H groups in total. The fraction of sp³-hybridized carbons (Fsp3) is 0.286. The second-order valence-electron chi connectivity index (χ2n) is 7.20. The van der Waals surface area contributed by atoms with Gasteiger partial charge < -0.3 is 9.84 Å². The molecule has 168 valence electrons. The Balaban J connectivity index is 2.03. The molecule has 0 bridgehead atoms. The number of ether oxygens (including phenoxy) is 1. The molecule has 0 saturated carbocycles. The number of carboxylic acid groups (broad SMARTS) is 1. The summed E-state index contributed by atoms with van der Waals surface area (Å²) in [7, 11) is 1.53. The Hall–Kier alpha value is -2.72. The van der Waals surface area contributed by atoms with Crippen molar-refractivity contribution in [3.05, 3.63) is 69.8 Å². The van der Waals surface area contributed by atoms with Crippen LogP contribution >= 0.6 is 23.4 Å². The number of aromatic nitrogens is 3. The van der Waals surface area contributed by atoms with E-state index in [9.17, 15) is 23.1 Å². The van der Waals surface area contributed by atoms with Gasteiger partial charge in [-0.05, 0) is 47.9 Å². The highest BCUT2D eigenvalue weighted by molar-refractivity contribution is 8.00. The van der Waals surface area contributed by atoms with Crippen LogP contribution in [0.1, 0.15) is 45.3 Å². The second kappa shape index (κ2) is 8.32. The number of nitrogens with zero attached hydrogens (tertiary/aromatic N) is 3. The molecule has 0 spiro atoms. The molecule has 11 heteroatoms. The lowest BCUT2D eigenvalue weighted by molar-refractivity contribution is -0.146. The van der Waals surface area contributed by atoms with E-state index in [0.717, 1.165) is 15.7 Å². The quantitative estimate of drug-likeness (QED) is 0.520. The summed E-state index contributed by atoms with van der Waals surface area (Å²) in [4.78, 5) is 11.6. The Morgan fingerprint density at radius 1 is 1.25 bits per heavy atom. The zero-order valence-corrected chi connectivity index (χ0v) is 18.4. The van der Waals surface area contributed by atoms with Crippen LogP contribution in [-0.4, -0.2) is 33.0 Å². The van der Waals surface area contributed by atoms with Gasteiger partial charge in [-0.15, -0.1) is 22.0 Å². The first kappa shape index (κ1) is 22.5. The van der Waals surface area contributed by atoms with Crippen molar-refractivity contribution >= 4 is 29.3 Å². The molecule has 0 radical (unpaired) electrons. The summed E-state index contributed by atoms with van der Waals surface area (Å²) in [6.45, 7) is 1.84. The molecule has 0 saturated heterocycles. The van der Waals surface area contributed by atoms with Crippen LogP contribution in [0.3, 0.4) is 0 Å². The number of benzene rings is 2. The Labute approximate surface area is 190 Å². The van der Waals surface area contributed by atoms with Crippen molar-refractivity contribution in [2.45, 2.75) is 30.0 Å². The summed E-state index contributed by atoms with van der Waals surface area (Å²) in [5, 5.41) is 15.5. The number of rotatable bonds is 4. The minimum Gasteiger partial charge on any atom is -0.496 e. The molecule has 4 rings (SSSR count). The minimum absolute atomic E-state index is 0.0728. The highest BCUT2D eigenvalue weighted by Gasteiger charge is 2.43. The predicted octanol–water partition coefficient (Wildman–Crippen LogP) is 5.61. The number of alkyl halides is 3.